The first kappa shape index (κ1) is 20.9. The van der Waals surface area contributed by atoms with Crippen LogP contribution < -0.4 is 36.1 Å². The summed E-state index contributed by atoms with van der Waals surface area (Å²) in [5.41, 5.74) is 11.1. The minimum Gasteiger partial charge on any atom is -0.497 e. The van der Waals surface area contributed by atoms with Crippen molar-refractivity contribution in [1.82, 2.24) is 15.7 Å². The number of methoxy groups -OCH3 is 1. The summed E-state index contributed by atoms with van der Waals surface area (Å²) in [4.78, 5) is 20.9. The number of carbonyl (C=O) groups excluding carboxylic acids is 1. The number of nitrogens with zero attached hydrogens (tertiary/aromatic N) is 3. The molecule has 1 amide bonds. The SMILES string of the molecule is CNN(Cc1ccc(OC)cc1)c1nc(Cl)[nH+]c(N2CC[C@H](NC(C)=O)C2)c1N. The van der Waals surface area contributed by atoms with Crippen LogP contribution >= 0.6 is 11.6 Å². The Morgan fingerprint density at radius 2 is 2.17 bits per heavy atom. The number of hydrazine groups is 1. The lowest BCUT2D eigenvalue weighted by atomic mass is 10.2. The van der Waals surface area contributed by atoms with Crippen LogP contribution in [-0.4, -0.2) is 44.2 Å². The molecule has 0 bridgehead atoms. The zero-order valence-corrected chi connectivity index (χ0v) is 17.6. The number of H-pyrrole nitrogens is 1. The number of amides is 1. The first-order valence-corrected chi connectivity index (χ1v) is 9.77. The van der Waals surface area contributed by atoms with Gasteiger partial charge in [0.05, 0.1) is 32.8 Å². The number of hydrogen-bond donors (Lipinski definition) is 3. The van der Waals surface area contributed by atoms with Crippen molar-refractivity contribution in [2.75, 3.05) is 42.9 Å². The van der Waals surface area contributed by atoms with Crippen molar-refractivity contribution in [3.05, 3.63) is 35.1 Å². The highest BCUT2D eigenvalue weighted by atomic mass is 35.5. The third kappa shape index (κ3) is 4.99. The topological polar surface area (TPSA) is 110 Å². The van der Waals surface area contributed by atoms with Gasteiger partial charge in [-0.3, -0.25) is 14.7 Å². The van der Waals surface area contributed by atoms with Crippen LogP contribution in [0.3, 0.4) is 0 Å². The molecule has 0 saturated carbocycles. The predicted octanol–water partition coefficient (Wildman–Crippen LogP) is 0.996. The molecular weight excluding hydrogens is 394 g/mol. The van der Waals surface area contributed by atoms with E-state index in [1.54, 1.807) is 14.2 Å². The molecule has 0 aliphatic carbocycles. The van der Waals surface area contributed by atoms with E-state index in [1.807, 2.05) is 29.3 Å². The van der Waals surface area contributed by atoms with Gasteiger partial charge in [-0.15, -0.1) is 0 Å². The second-order valence-corrected chi connectivity index (χ2v) is 7.26. The summed E-state index contributed by atoms with van der Waals surface area (Å²) < 4.78 is 5.21. The van der Waals surface area contributed by atoms with Gasteiger partial charge in [-0.1, -0.05) is 17.1 Å². The minimum absolute atomic E-state index is 0.0388. The van der Waals surface area contributed by atoms with Crippen LogP contribution in [0.2, 0.25) is 5.28 Å². The van der Waals surface area contributed by atoms with Gasteiger partial charge in [0.15, 0.2) is 5.69 Å². The van der Waals surface area contributed by atoms with E-state index in [9.17, 15) is 4.79 Å². The van der Waals surface area contributed by atoms with Gasteiger partial charge in [0.2, 0.25) is 5.91 Å². The summed E-state index contributed by atoms with van der Waals surface area (Å²) in [6.07, 6.45) is 0.837. The molecule has 1 atom stereocenters. The molecular formula is C19H27ClN7O2+. The molecule has 29 heavy (non-hydrogen) atoms. The Kier molecular flexibility index (Phi) is 6.60. The molecule has 0 unspecified atom stereocenters. The monoisotopic (exact) mass is 420 g/mol. The van der Waals surface area contributed by atoms with Gasteiger partial charge >= 0.3 is 5.28 Å². The molecule has 1 aliphatic heterocycles. The molecule has 1 saturated heterocycles. The van der Waals surface area contributed by atoms with Gasteiger partial charge < -0.3 is 15.8 Å². The predicted molar refractivity (Wildman–Crippen MR) is 113 cm³/mol. The Bertz CT molecular complexity index is 862. The number of benzene rings is 1. The summed E-state index contributed by atoms with van der Waals surface area (Å²) in [6.45, 7) is 3.46. The molecule has 0 radical (unpaired) electrons. The van der Waals surface area contributed by atoms with Crippen molar-refractivity contribution in [1.29, 1.82) is 0 Å². The van der Waals surface area contributed by atoms with Crippen molar-refractivity contribution < 1.29 is 14.5 Å². The first-order chi connectivity index (χ1) is 13.9. The average Bonchev–Trinajstić information content (AvgIpc) is 3.15. The fraction of sp³-hybridized carbons (Fsp3) is 0.421. The van der Waals surface area contributed by atoms with Crippen LogP contribution in [0.1, 0.15) is 18.9 Å². The second-order valence-electron chi connectivity index (χ2n) is 6.90. The Hall–Kier alpha value is -2.78. The van der Waals surface area contributed by atoms with Crippen molar-refractivity contribution in [2.24, 2.45) is 0 Å². The number of carbonyl (C=O) groups is 1. The van der Waals surface area contributed by atoms with Crippen LogP contribution in [-0.2, 0) is 11.3 Å². The van der Waals surface area contributed by atoms with E-state index in [4.69, 9.17) is 22.1 Å². The maximum Gasteiger partial charge on any atom is 0.334 e. The van der Waals surface area contributed by atoms with Gasteiger partial charge in [-0.2, -0.15) is 0 Å². The molecule has 2 heterocycles. The van der Waals surface area contributed by atoms with E-state index >= 15 is 0 Å². The molecule has 1 aromatic carbocycles. The van der Waals surface area contributed by atoms with Crippen LogP contribution in [0.15, 0.2) is 24.3 Å². The molecule has 156 valence electrons. The second kappa shape index (κ2) is 9.15. The third-order valence-corrected chi connectivity index (χ3v) is 5.04. The highest BCUT2D eigenvalue weighted by molar-refractivity contribution is 6.27. The average molecular weight is 421 g/mol. The lowest BCUT2D eigenvalue weighted by Gasteiger charge is -2.23. The van der Waals surface area contributed by atoms with Gasteiger partial charge in [0, 0.05) is 20.4 Å². The molecule has 1 fully saturated rings. The number of anilines is 3. The van der Waals surface area contributed by atoms with Crippen LogP contribution in [0.4, 0.5) is 17.3 Å². The Labute approximate surface area is 175 Å². The number of nitrogen functional groups attached to an aromatic ring is 1. The number of nitrogens with two attached hydrogens (primary N) is 1. The standard InChI is InChI=1S/C19H26ClN7O2/c1-12(28)23-14-8-9-26(11-14)17-16(21)18(25-19(20)24-17)27(22-2)10-13-4-6-15(29-3)7-5-13/h4-7,14,22H,8-11,21H2,1-3H3,(H,23,28)/p+1/t14-/m0/s1. The Morgan fingerprint density at radius 3 is 2.79 bits per heavy atom. The van der Waals surface area contributed by atoms with E-state index in [0.29, 0.717) is 30.4 Å². The minimum atomic E-state index is -0.0388. The number of aromatic amines is 1. The molecule has 2 aromatic rings. The maximum absolute atomic E-state index is 11.3. The van der Waals surface area contributed by atoms with E-state index in [1.165, 1.54) is 6.92 Å². The smallest absolute Gasteiger partial charge is 0.334 e. The van der Waals surface area contributed by atoms with Crippen LogP contribution in [0.5, 0.6) is 5.75 Å². The molecule has 5 N–H and O–H groups in total. The number of aromatic nitrogens is 2. The molecule has 0 spiro atoms. The number of hydrogen-bond acceptors (Lipinski definition) is 7. The van der Waals surface area contributed by atoms with Crippen molar-refractivity contribution >= 4 is 34.8 Å². The van der Waals surface area contributed by atoms with Crippen LogP contribution in [0.25, 0.3) is 0 Å². The summed E-state index contributed by atoms with van der Waals surface area (Å²) in [6, 6.07) is 7.85. The van der Waals surface area contributed by atoms with E-state index in [-0.39, 0.29) is 17.2 Å². The summed E-state index contributed by atoms with van der Waals surface area (Å²) >= 11 is 6.28. The van der Waals surface area contributed by atoms with E-state index in [2.05, 4.69) is 25.6 Å². The number of halogens is 1. The molecule has 10 heteroatoms. The third-order valence-electron chi connectivity index (χ3n) is 4.86. The zero-order valence-electron chi connectivity index (χ0n) is 16.8. The highest BCUT2D eigenvalue weighted by Gasteiger charge is 2.32. The van der Waals surface area contributed by atoms with Gasteiger partial charge in [0.1, 0.15) is 5.75 Å². The molecule has 3 rings (SSSR count). The summed E-state index contributed by atoms with van der Waals surface area (Å²) in [5, 5.41) is 5.02. The van der Waals surface area contributed by atoms with Crippen molar-refractivity contribution in [3.8, 4) is 5.75 Å². The lowest BCUT2D eigenvalue weighted by molar-refractivity contribution is -0.365. The van der Waals surface area contributed by atoms with Crippen molar-refractivity contribution in [2.45, 2.75) is 25.9 Å². The molecule has 1 aromatic heterocycles. The van der Waals surface area contributed by atoms with Gasteiger partial charge in [0.25, 0.3) is 11.6 Å². The van der Waals surface area contributed by atoms with Crippen LogP contribution in [0, 0.1) is 0 Å². The van der Waals surface area contributed by atoms with E-state index < -0.39 is 0 Å². The first-order valence-electron chi connectivity index (χ1n) is 9.39. The van der Waals surface area contributed by atoms with E-state index in [0.717, 1.165) is 24.3 Å². The Balaban J connectivity index is 1.83. The maximum atomic E-state index is 11.3. The summed E-state index contributed by atoms with van der Waals surface area (Å²) in [7, 11) is 3.44. The summed E-state index contributed by atoms with van der Waals surface area (Å²) in [5.74, 6) is 1.99. The zero-order chi connectivity index (χ0) is 21.0. The molecule has 9 nitrogen and oxygen atoms in total. The Morgan fingerprint density at radius 1 is 1.45 bits per heavy atom. The number of rotatable bonds is 7. The van der Waals surface area contributed by atoms with Gasteiger partial charge in [-0.25, -0.2) is 10.4 Å². The largest absolute Gasteiger partial charge is 0.497 e. The fourth-order valence-corrected chi connectivity index (χ4v) is 3.62. The number of nitrogens with one attached hydrogen (secondary N) is 3. The fourth-order valence-electron chi connectivity index (χ4n) is 3.45. The lowest BCUT2D eigenvalue weighted by Crippen LogP contribution is -2.39. The molecule has 1 aliphatic rings. The normalized spacial score (nSPS) is 16.0. The quantitative estimate of drug-likeness (QED) is 0.452. The van der Waals surface area contributed by atoms with Gasteiger partial charge in [-0.05, 0) is 29.3 Å². The van der Waals surface area contributed by atoms with Crippen molar-refractivity contribution in [3.63, 3.8) is 0 Å². The number of ether oxygens (including phenoxy) is 1. The highest BCUT2D eigenvalue weighted by Crippen LogP contribution is 2.31.